The molecular formula is C17H15ClO. The molecule has 0 spiro atoms. The first-order valence-electron chi connectivity index (χ1n) is 6.40. The highest BCUT2D eigenvalue weighted by Crippen LogP contribution is 2.29. The number of alkyl halides is 1. The molecule has 2 aromatic carbocycles. The second kappa shape index (κ2) is 5.10. The Kier molecular flexibility index (Phi) is 3.31. The van der Waals surface area contributed by atoms with Crippen LogP contribution in [0.25, 0.3) is 10.8 Å². The largest absolute Gasteiger partial charge is 0.469 e. The summed E-state index contributed by atoms with van der Waals surface area (Å²) in [6.45, 7) is 1.95. The summed E-state index contributed by atoms with van der Waals surface area (Å²) in [7, 11) is 0. The van der Waals surface area contributed by atoms with E-state index in [1.807, 2.05) is 13.0 Å². The van der Waals surface area contributed by atoms with E-state index >= 15 is 0 Å². The number of hydrogen-bond acceptors (Lipinski definition) is 1. The molecule has 0 fully saturated rings. The fourth-order valence-corrected chi connectivity index (χ4v) is 2.81. The molecule has 1 aromatic heterocycles. The highest BCUT2D eigenvalue weighted by molar-refractivity contribution is 6.21. The Labute approximate surface area is 117 Å². The predicted octanol–water partition coefficient (Wildman–Crippen LogP) is 5.26. The van der Waals surface area contributed by atoms with Crippen LogP contribution >= 0.6 is 11.6 Å². The molecule has 0 aliphatic rings. The van der Waals surface area contributed by atoms with Crippen LogP contribution in [-0.4, -0.2) is 0 Å². The lowest BCUT2D eigenvalue weighted by Gasteiger charge is -2.09. The van der Waals surface area contributed by atoms with Crippen molar-refractivity contribution in [2.24, 2.45) is 0 Å². The highest BCUT2D eigenvalue weighted by Gasteiger charge is 2.13. The summed E-state index contributed by atoms with van der Waals surface area (Å²) in [5, 5.41) is 2.48. The van der Waals surface area contributed by atoms with Gasteiger partial charge in [0.05, 0.1) is 11.6 Å². The fourth-order valence-electron chi connectivity index (χ4n) is 2.40. The SMILES string of the molecule is Cc1occc1C(Cl)Cc1ccc2ccccc2c1. The van der Waals surface area contributed by atoms with Crippen LogP contribution in [-0.2, 0) is 6.42 Å². The van der Waals surface area contributed by atoms with Crippen LogP contribution in [0.4, 0.5) is 0 Å². The van der Waals surface area contributed by atoms with Crippen LogP contribution in [0.15, 0.2) is 59.2 Å². The number of benzene rings is 2. The number of furan rings is 1. The van der Waals surface area contributed by atoms with Gasteiger partial charge < -0.3 is 4.42 Å². The maximum atomic E-state index is 6.48. The third-order valence-electron chi connectivity index (χ3n) is 3.47. The minimum absolute atomic E-state index is 0.0417. The van der Waals surface area contributed by atoms with Gasteiger partial charge in [0.2, 0.25) is 0 Å². The maximum absolute atomic E-state index is 6.48. The molecule has 0 saturated carbocycles. The molecule has 0 aliphatic heterocycles. The lowest BCUT2D eigenvalue weighted by Crippen LogP contribution is -1.96. The van der Waals surface area contributed by atoms with Gasteiger partial charge in [-0.15, -0.1) is 11.6 Å². The van der Waals surface area contributed by atoms with Crippen LogP contribution in [0.1, 0.15) is 22.3 Å². The Hall–Kier alpha value is -1.73. The molecule has 1 nitrogen and oxygen atoms in total. The van der Waals surface area contributed by atoms with E-state index in [1.165, 1.54) is 16.3 Å². The summed E-state index contributed by atoms with van der Waals surface area (Å²) in [6, 6.07) is 16.8. The van der Waals surface area contributed by atoms with Crippen molar-refractivity contribution in [3.63, 3.8) is 0 Å². The van der Waals surface area contributed by atoms with Crippen molar-refractivity contribution in [1.29, 1.82) is 0 Å². The molecule has 0 aliphatic carbocycles. The molecule has 1 atom stereocenters. The van der Waals surface area contributed by atoms with Gasteiger partial charge in [0.25, 0.3) is 0 Å². The van der Waals surface area contributed by atoms with Gasteiger partial charge in [0.15, 0.2) is 0 Å². The molecule has 0 amide bonds. The van der Waals surface area contributed by atoms with Gasteiger partial charge in [-0.05, 0) is 35.7 Å². The normalized spacial score (nSPS) is 12.7. The number of rotatable bonds is 3. The second-order valence-corrected chi connectivity index (χ2v) is 5.31. The summed E-state index contributed by atoms with van der Waals surface area (Å²) in [5.74, 6) is 0.904. The van der Waals surface area contributed by atoms with Crippen molar-refractivity contribution < 1.29 is 4.42 Å². The summed E-state index contributed by atoms with van der Waals surface area (Å²) in [5.41, 5.74) is 2.33. The van der Waals surface area contributed by atoms with Crippen molar-refractivity contribution in [1.82, 2.24) is 0 Å². The zero-order valence-electron chi connectivity index (χ0n) is 10.8. The lowest BCUT2D eigenvalue weighted by atomic mass is 10.0. The average molecular weight is 271 g/mol. The van der Waals surface area contributed by atoms with E-state index in [4.69, 9.17) is 16.0 Å². The van der Waals surface area contributed by atoms with Crippen molar-refractivity contribution in [2.45, 2.75) is 18.7 Å². The average Bonchev–Trinajstić information content (AvgIpc) is 2.85. The highest BCUT2D eigenvalue weighted by atomic mass is 35.5. The van der Waals surface area contributed by atoms with Gasteiger partial charge >= 0.3 is 0 Å². The van der Waals surface area contributed by atoms with Crippen LogP contribution in [0, 0.1) is 6.92 Å². The van der Waals surface area contributed by atoms with E-state index in [0.717, 1.165) is 17.7 Å². The Morgan fingerprint density at radius 2 is 1.84 bits per heavy atom. The van der Waals surface area contributed by atoms with E-state index < -0.39 is 0 Å². The van der Waals surface area contributed by atoms with E-state index in [1.54, 1.807) is 6.26 Å². The Bertz CT molecular complexity index is 699. The molecule has 3 rings (SSSR count). The fraction of sp³-hybridized carbons (Fsp3) is 0.176. The molecule has 3 aromatic rings. The number of aryl methyl sites for hydroxylation is 1. The first-order chi connectivity index (χ1) is 9.24. The van der Waals surface area contributed by atoms with Crippen LogP contribution in [0.2, 0.25) is 0 Å². The second-order valence-electron chi connectivity index (χ2n) is 4.79. The van der Waals surface area contributed by atoms with Gasteiger partial charge in [-0.25, -0.2) is 0 Å². The monoisotopic (exact) mass is 270 g/mol. The minimum atomic E-state index is -0.0417. The zero-order valence-corrected chi connectivity index (χ0v) is 11.5. The van der Waals surface area contributed by atoms with Crippen LogP contribution in [0.3, 0.4) is 0 Å². The van der Waals surface area contributed by atoms with E-state index in [2.05, 4.69) is 42.5 Å². The molecular weight excluding hydrogens is 256 g/mol. The minimum Gasteiger partial charge on any atom is -0.469 e. The maximum Gasteiger partial charge on any atom is 0.105 e. The van der Waals surface area contributed by atoms with Crippen molar-refractivity contribution in [3.8, 4) is 0 Å². The number of halogens is 1. The predicted molar refractivity (Wildman–Crippen MR) is 79.7 cm³/mol. The van der Waals surface area contributed by atoms with Gasteiger partial charge in [-0.2, -0.15) is 0 Å². The molecule has 0 radical (unpaired) electrons. The van der Waals surface area contributed by atoms with Crippen LogP contribution in [0.5, 0.6) is 0 Å². The number of fused-ring (bicyclic) bond motifs is 1. The molecule has 2 heteroatoms. The van der Waals surface area contributed by atoms with E-state index in [9.17, 15) is 0 Å². The third-order valence-corrected chi connectivity index (χ3v) is 3.85. The first kappa shape index (κ1) is 12.3. The topological polar surface area (TPSA) is 13.1 Å². The smallest absolute Gasteiger partial charge is 0.105 e. The Morgan fingerprint density at radius 3 is 2.58 bits per heavy atom. The number of hydrogen-bond donors (Lipinski definition) is 0. The Balaban J connectivity index is 1.87. The summed E-state index contributed by atoms with van der Waals surface area (Å²) >= 11 is 6.48. The Morgan fingerprint density at radius 1 is 1.05 bits per heavy atom. The van der Waals surface area contributed by atoms with E-state index in [0.29, 0.717) is 0 Å². The summed E-state index contributed by atoms with van der Waals surface area (Å²) in [6.07, 6.45) is 2.51. The molecule has 1 unspecified atom stereocenters. The molecule has 1 heterocycles. The van der Waals surface area contributed by atoms with Gasteiger partial charge in [-0.3, -0.25) is 0 Å². The standard InChI is InChI=1S/C17H15ClO/c1-12-16(8-9-19-12)17(18)11-13-6-7-14-4-2-3-5-15(14)10-13/h2-10,17H,11H2,1H3. The zero-order chi connectivity index (χ0) is 13.2. The molecule has 96 valence electrons. The van der Waals surface area contributed by atoms with Gasteiger partial charge in [0, 0.05) is 5.56 Å². The molecule has 19 heavy (non-hydrogen) atoms. The van der Waals surface area contributed by atoms with Crippen molar-refractivity contribution in [2.75, 3.05) is 0 Å². The molecule has 0 N–H and O–H groups in total. The summed E-state index contributed by atoms with van der Waals surface area (Å²) in [4.78, 5) is 0. The molecule has 0 bridgehead atoms. The van der Waals surface area contributed by atoms with Crippen molar-refractivity contribution in [3.05, 3.63) is 71.7 Å². The van der Waals surface area contributed by atoms with E-state index in [-0.39, 0.29) is 5.38 Å². The lowest BCUT2D eigenvalue weighted by molar-refractivity contribution is 0.529. The third kappa shape index (κ3) is 2.52. The molecule has 0 saturated heterocycles. The van der Waals surface area contributed by atoms with Gasteiger partial charge in [-0.1, -0.05) is 42.5 Å². The van der Waals surface area contributed by atoms with Gasteiger partial charge in [0.1, 0.15) is 5.76 Å². The van der Waals surface area contributed by atoms with Crippen molar-refractivity contribution >= 4 is 22.4 Å². The first-order valence-corrected chi connectivity index (χ1v) is 6.83. The quantitative estimate of drug-likeness (QED) is 0.592. The summed E-state index contributed by atoms with van der Waals surface area (Å²) < 4.78 is 5.31. The van der Waals surface area contributed by atoms with Crippen LogP contribution < -0.4 is 0 Å².